The summed E-state index contributed by atoms with van der Waals surface area (Å²) in [6, 6.07) is -1.02. The fraction of sp³-hybridized carbons (Fsp3) is 0.818. The van der Waals surface area contributed by atoms with Crippen molar-refractivity contribution in [3.8, 4) is 0 Å². The molecule has 0 aliphatic heterocycles. The van der Waals surface area contributed by atoms with E-state index in [1.165, 1.54) is 7.05 Å². The van der Waals surface area contributed by atoms with Gasteiger partial charge in [-0.2, -0.15) is 0 Å². The molecule has 0 aromatic carbocycles. The molecule has 0 radical (unpaired) electrons. The number of carboxylic acid groups (broad SMARTS) is 1. The minimum atomic E-state index is -1.13. The zero-order valence-corrected chi connectivity index (χ0v) is 12.1. The Bertz CT molecular complexity index is 358. The molecule has 0 spiro atoms. The minimum absolute atomic E-state index is 0.0148. The van der Waals surface area contributed by atoms with E-state index in [1.807, 2.05) is 13.8 Å². The maximum absolute atomic E-state index is 11.5. The molecule has 1 atom stereocenters. The molecule has 0 amide bonds. The van der Waals surface area contributed by atoms with Gasteiger partial charge in [0.1, 0.15) is 0 Å². The van der Waals surface area contributed by atoms with E-state index in [1.54, 1.807) is 6.92 Å². The summed E-state index contributed by atoms with van der Waals surface area (Å²) < 4.78 is 4.54. The molecule has 1 N–H and O–H groups in total. The predicted octanol–water partition coefficient (Wildman–Crippen LogP) is 1.14. The van der Waals surface area contributed by atoms with Crippen molar-refractivity contribution >= 4 is 11.9 Å². The SMILES string of the molecule is CCC(=O)OCO/N=[N+](\[O-])N(C)[C@@H](CC(C)C)C(=O)O. The number of carbonyl (C=O) groups excluding carboxylic acids is 1. The monoisotopic (exact) mass is 291 g/mol. The lowest BCUT2D eigenvalue weighted by molar-refractivity contribution is -0.711. The second-order valence-electron chi connectivity index (χ2n) is 4.51. The molecule has 0 fully saturated rings. The summed E-state index contributed by atoms with van der Waals surface area (Å²) in [5, 5.41) is 24.6. The van der Waals surface area contributed by atoms with Crippen LogP contribution in [0.3, 0.4) is 0 Å². The maximum atomic E-state index is 11.5. The highest BCUT2D eigenvalue weighted by molar-refractivity contribution is 5.73. The van der Waals surface area contributed by atoms with Crippen LogP contribution in [-0.2, 0) is 19.2 Å². The van der Waals surface area contributed by atoms with E-state index in [0.29, 0.717) is 0 Å². The minimum Gasteiger partial charge on any atom is -0.569 e. The van der Waals surface area contributed by atoms with E-state index < -0.39 is 24.8 Å². The summed E-state index contributed by atoms with van der Waals surface area (Å²) in [4.78, 5) is 26.4. The van der Waals surface area contributed by atoms with Crippen molar-refractivity contribution in [2.75, 3.05) is 13.8 Å². The standard InChI is InChI=1S/C11H21N3O6/c1-5-10(15)19-7-20-12-14(18)13(4)9(11(16)17)6-8(2)3/h8-9H,5-7H2,1-4H3,(H,16,17)/b14-12-/t9-/m0/s1. The van der Waals surface area contributed by atoms with Crippen molar-refractivity contribution in [1.82, 2.24) is 5.01 Å². The highest BCUT2D eigenvalue weighted by atomic mass is 16.8. The van der Waals surface area contributed by atoms with Crippen LogP contribution >= 0.6 is 0 Å². The summed E-state index contributed by atoms with van der Waals surface area (Å²) in [6.45, 7) is 4.80. The molecular weight excluding hydrogens is 270 g/mol. The van der Waals surface area contributed by atoms with Crippen LogP contribution in [0.15, 0.2) is 5.28 Å². The third-order valence-electron chi connectivity index (χ3n) is 2.39. The number of hydrogen-bond acceptors (Lipinski definition) is 6. The van der Waals surface area contributed by atoms with Gasteiger partial charge in [-0.15, -0.1) is 5.01 Å². The summed E-state index contributed by atoms with van der Waals surface area (Å²) >= 11 is 0. The highest BCUT2D eigenvalue weighted by Gasteiger charge is 2.29. The highest BCUT2D eigenvalue weighted by Crippen LogP contribution is 2.11. The molecule has 0 aromatic rings. The van der Waals surface area contributed by atoms with Gasteiger partial charge in [0.05, 0.1) is 12.0 Å². The first-order valence-electron chi connectivity index (χ1n) is 6.20. The Morgan fingerprint density at radius 1 is 1.45 bits per heavy atom. The molecule has 0 saturated carbocycles. The first-order valence-corrected chi connectivity index (χ1v) is 6.20. The van der Waals surface area contributed by atoms with E-state index >= 15 is 0 Å². The third-order valence-corrected chi connectivity index (χ3v) is 2.39. The average molecular weight is 291 g/mol. The lowest BCUT2D eigenvalue weighted by atomic mass is 10.0. The molecule has 0 rings (SSSR count). The number of esters is 1. The van der Waals surface area contributed by atoms with E-state index in [2.05, 4.69) is 14.9 Å². The molecule has 0 aromatic heterocycles. The van der Waals surface area contributed by atoms with Gasteiger partial charge >= 0.3 is 11.9 Å². The molecule has 0 aliphatic rings. The fourth-order valence-corrected chi connectivity index (χ4v) is 1.30. The number of ether oxygens (including phenoxy) is 1. The molecule has 0 bridgehead atoms. The number of nitrogens with zero attached hydrogens (tertiary/aromatic N) is 3. The number of hydrazine groups is 1. The lowest BCUT2D eigenvalue weighted by Crippen LogP contribution is -2.43. The van der Waals surface area contributed by atoms with Gasteiger partial charge in [-0.1, -0.05) is 20.8 Å². The summed E-state index contributed by atoms with van der Waals surface area (Å²) in [7, 11) is 1.29. The second-order valence-corrected chi connectivity index (χ2v) is 4.51. The van der Waals surface area contributed by atoms with Crippen LogP contribution in [0.4, 0.5) is 0 Å². The fourth-order valence-electron chi connectivity index (χ4n) is 1.30. The van der Waals surface area contributed by atoms with E-state index in [4.69, 9.17) is 5.11 Å². The first-order chi connectivity index (χ1) is 9.29. The van der Waals surface area contributed by atoms with Crippen LogP contribution in [-0.4, -0.2) is 46.9 Å². The lowest BCUT2D eigenvalue weighted by Gasteiger charge is -2.21. The van der Waals surface area contributed by atoms with Gasteiger partial charge in [0.25, 0.3) is 6.79 Å². The van der Waals surface area contributed by atoms with Gasteiger partial charge < -0.3 is 19.9 Å². The van der Waals surface area contributed by atoms with Crippen LogP contribution < -0.4 is 0 Å². The zero-order chi connectivity index (χ0) is 15.7. The molecule has 20 heavy (non-hydrogen) atoms. The van der Waals surface area contributed by atoms with E-state index in [9.17, 15) is 14.8 Å². The summed E-state index contributed by atoms with van der Waals surface area (Å²) in [5.41, 5.74) is 0. The number of aliphatic carboxylic acids is 1. The Labute approximate surface area is 117 Å². The Kier molecular flexibility index (Phi) is 8.02. The van der Waals surface area contributed by atoms with Crippen molar-refractivity contribution < 1.29 is 29.2 Å². The zero-order valence-electron chi connectivity index (χ0n) is 12.1. The number of carboxylic acids is 1. The number of hydrogen-bond donors (Lipinski definition) is 1. The summed E-state index contributed by atoms with van der Waals surface area (Å²) in [5.74, 6) is -1.53. The average Bonchev–Trinajstić information content (AvgIpc) is 2.38. The summed E-state index contributed by atoms with van der Waals surface area (Å²) in [6.07, 6.45) is 0.463. The van der Waals surface area contributed by atoms with Crippen LogP contribution in [0, 0.1) is 11.1 Å². The van der Waals surface area contributed by atoms with Crippen molar-refractivity contribution in [1.29, 1.82) is 0 Å². The molecule has 9 heteroatoms. The molecule has 0 saturated heterocycles. The van der Waals surface area contributed by atoms with Crippen LogP contribution in [0.5, 0.6) is 0 Å². The normalized spacial score (nSPS) is 12.9. The van der Waals surface area contributed by atoms with Gasteiger partial charge in [-0.25, -0.2) is 4.79 Å². The molecule has 0 unspecified atom stereocenters. The van der Waals surface area contributed by atoms with Crippen LogP contribution in [0.2, 0.25) is 0 Å². The first kappa shape index (κ1) is 17.9. The number of carbonyl (C=O) groups is 2. The second kappa shape index (κ2) is 8.94. The molecule has 0 heterocycles. The van der Waals surface area contributed by atoms with Crippen LogP contribution in [0.1, 0.15) is 33.6 Å². The number of likely N-dealkylation sites (N-methyl/N-ethyl adjacent to an activating group) is 1. The van der Waals surface area contributed by atoms with Gasteiger partial charge in [0.15, 0.2) is 6.04 Å². The van der Waals surface area contributed by atoms with Crippen molar-refractivity contribution in [3.63, 3.8) is 0 Å². The number of rotatable bonds is 9. The van der Waals surface area contributed by atoms with Gasteiger partial charge in [0.2, 0.25) is 5.28 Å². The smallest absolute Gasteiger partial charge is 0.332 e. The largest absolute Gasteiger partial charge is 0.569 e. The Hall–Kier alpha value is -2.06. The molecule has 9 nitrogen and oxygen atoms in total. The van der Waals surface area contributed by atoms with Crippen LogP contribution in [0.25, 0.3) is 0 Å². The molecule has 116 valence electrons. The van der Waals surface area contributed by atoms with Gasteiger partial charge in [-0.05, 0) is 12.3 Å². The Morgan fingerprint density at radius 2 is 2.05 bits per heavy atom. The van der Waals surface area contributed by atoms with Crippen molar-refractivity contribution in [3.05, 3.63) is 5.21 Å². The predicted molar refractivity (Wildman–Crippen MR) is 67.0 cm³/mol. The van der Waals surface area contributed by atoms with E-state index in [0.717, 1.165) is 5.01 Å². The molecule has 0 aliphatic carbocycles. The van der Waals surface area contributed by atoms with Gasteiger partial charge in [0, 0.05) is 6.42 Å². The van der Waals surface area contributed by atoms with Crippen molar-refractivity contribution in [2.24, 2.45) is 11.2 Å². The Balaban J connectivity index is 4.44. The third kappa shape index (κ3) is 6.76. The Morgan fingerprint density at radius 3 is 2.50 bits per heavy atom. The topological polar surface area (TPSA) is 114 Å². The molecular formula is C11H21N3O6. The van der Waals surface area contributed by atoms with Gasteiger partial charge in [-0.3, -0.25) is 4.79 Å². The maximum Gasteiger partial charge on any atom is 0.332 e. The quantitative estimate of drug-likeness (QED) is 0.169. The van der Waals surface area contributed by atoms with E-state index in [-0.39, 0.29) is 23.7 Å². The van der Waals surface area contributed by atoms with Crippen molar-refractivity contribution in [2.45, 2.75) is 39.7 Å².